The molecule has 0 fully saturated rings. The summed E-state index contributed by atoms with van der Waals surface area (Å²) in [6.07, 6.45) is 1.53. The first-order chi connectivity index (χ1) is 20.7. The molecule has 1 aliphatic heterocycles. The number of amides is 3. The maximum atomic E-state index is 12.5. The van der Waals surface area contributed by atoms with E-state index in [1.807, 2.05) is 42.5 Å². The molecule has 1 heterocycles. The Morgan fingerprint density at radius 3 is 2.51 bits per heavy atom. The number of urea groups is 1. The van der Waals surface area contributed by atoms with Gasteiger partial charge in [0.25, 0.3) is 5.91 Å². The Bertz CT molecular complexity index is 1580. The predicted octanol–water partition coefficient (Wildman–Crippen LogP) is 4.81. The van der Waals surface area contributed by atoms with Crippen LogP contribution in [0.5, 0.6) is 17.2 Å². The van der Waals surface area contributed by atoms with Crippen molar-refractivity contribution in [3.05, 3.63) is 95.8 Å². The van der Waals surface area contributed by atoms with E-state index >= 15 is 0 Å². The molecule has 224 valence electrons. The summed E-state index contributed by atoms with van der Waals surface area (Å²) >= 11 is 4.42. The number of allylic oxidation sites excluding steroid dienone is 1. The van der Waals surface area contributed by atoms with Gasteiger partial charge in [-0.3, -0.25) is 4.79 Å². The van der Waals surface area contributed by atoms with Gasteiger partial charge in [0.05, 0.1) is 35.6 Å². The van der Waals surface area contributed by atoms with Gasteiger partial charge in [0, 0.05) is 14.8 Å². The number of carbonyl (C=O) groups is 3. The third-order valence-corrected chi connectivity index (χ3v) is 7.63. The number of rotatable bonds is 11. The van der Waals surface area contributed by atoms with Crippen molar-refractivity contribution in [3.63, 3.8) is 0 Å². The number of nitrogens with zero attached hydrogens (tertiary/aromatic N) is 1. The van der Waals surface area contributed by atoms with Crippen LogP contribution in [0.2, 0.25) is 0 Å². The fourth-order valence-corrected chi connectivity index (χ4v) is 6.26. The third-order valence-electron chi connectivity index (χ3n) is 6.21. The molecule has 0 spiro atoms. The van der Waals surface area contributed by atoms with E-state index in [0.717, 1.165) is 12.7 Å². The lowest BCUT2D eigenvalue weighted by Gasteiger charge is -2.28. The van der Waals surface area contributed by atoms with Gasteiger partial charge in [-0.25, -0.2) is 15.0 Å². The molecule has 0 saturated heterocycles. The van der Waals surface area contributed by atoms with Crippen molar-refractivity contribution in [1.82, 2.24) is 16.1 Å². The number of methoxy groups -OCH3 is 2. The number of carbonyl (C=O) groups excluding carboxylic acids is 3. The van der Waals surface area contributed by atoms with E-state index in [1.54, 1.807) is 25.1 Å². The Hall–Kier alpha value is -3.86. The van der Waals surface area contributed by atoms with E-state index in [2.05, 4.69) is 66.3 Å². The lowest BCUT2D eigenvalue weighted by molar-refractivity contribution is -0.136. The van der Waals surface area contributed by atoms with Crippen LogP contribution in [-0.2, 0) is 20.9 Å². The van der Waals surface area contributed by atoms with Crippen LogP contribution in [0.15, 0.2) is 77.0 Å². The highest BCUT2D eigenvalue weighted by Crippen LogP contribution is 2.34. The van der Waals surface area contributed by atoms with Gasteiger partial charge in [0.1, 0.15) is 12.4 Å². The van der Waals surface area contributed by atoms with Crippen LogP contribution in [0.1, 0.15) is 29.7 Å². The summed E-state index contributed by atoms with van der Waals surface area (Å²) in [5.74, 6) is 0.175. The van der Waals surface area contributed by atoms with Crippen LogP contribution < -0.4 is 30.3 Å². The van der Waals surface area contributed by atoms with Crippen molar-refractivity contribution >= 4 is 69.3 Å². The molecule has 3 N–H and O–H groups in total. The van der Waals surface area contributed by atoms with E-state index in [9.17, 15) is 14.4 Å². The van der Waals surface area contributed by atoms with Gasteiger partial charge in [-0.15, -0.1) is 0 Å². The maximum absolute atomic E-state index is 12.5. The number of hydrogen-bond donors (Lipinski definition) is 3. The van der Waals surface area contributed by atoms with Crippen LogP contribution in [0.4, 0.5) is 4.79 Å². The van der Waals surface area contributed by atoms with Crippen LogP contribution >= 0.6 is 45.2 Å². The summed E-state index contributed by atoms with van der Waals surface area (Å²) in [6, 6.07) is 17.4. The SMILES string of the molecule is COC(=O)C1=C(C)NC(=O)N[C@H]1c1ccc(OCC(=O)N/N=C\c2cc(I)cc(I)c2OCc2ccccc2)c(OC)c1. The number of ether oxygens (including phenoxy) is 4. The number of benzene rings is 3. The molecule has 3 amide bonds. The van der Waals surface area contributed by atoms with E-state index in [-0.39, 0.29) is 17.9 Å². The fraction of sp³-hybridized carbons (Fsp3) is 0.200. The molecule has 0 aromatic heterocycles. The molecule has 1 atom stereocenters. The summed E-state index contributed by atoms with van der Waals surface area (Å²) in [7, 11) is 2.71. The molecular formula is C30H28I2N4O7. The van der Waals surface area contributed by atoms with Crippen molar-refractivity contribution in [3.8, 4) is 17.2 Å². The molecule has 0 radical (unpaired) electrons. The zero-order valence-corrected chi connectivity index (χ0v) is 27.7. The predicted molar refractivity (Wildman–Crippen MR) is 176 cm³/mol. The van der Waals surface area contributed by atoms with Gasteiger partial charge < -0.3 is 29.6 Å². The van der Waals surface area contributed by atoms with Crippen molar-refractivity contribution in [1.29, 1.82) is 0 Å². The average Bonchev–Trinajstić information content (AvgIpc) is 2.99. The molecule has 43 heavy (non-hydrogen) atoms. The first-order valence-corrected chi connectivity index (χ1v) is 15.0. The van der Waals surface area contributed by atoms with Crippen molar-refractivity contribution < 1.29 is 33.3 Å². The first-order valence-electron chi connectivity index (χ1n) is 12.8. The Kier molecular flexibility index (Phi) is 11.2. The lowest BCUT2D eigenvalue weighted by Crippen LogP contribution is -2.45. The molecule has 0 unspecified atom stereocenters. The Morgan fingerprint density at radius 2 is 1.79 bits per heavy atom. The zero-order chi connectivity index (χ0) is 30.9. The fourth-order valence-electron chi connectivity index (χ4n) is 4.21. The number of hydrazone groups is 1. The van der Waals surface area contributed by atoms with E-state index in [1.165, 1.54) is 20.4 Å². The van der Waals surface area contributed by atoms with E-state index in [0.29, 0.717) is 34.9 Å². The van der Waals surface area contributed by atoms with Crippen molar-refractivity contribution in [2.45, 2.75) is 19.6 Å². The molecule has 0 bridgehead atoms. The molecule has 3 aromatic rings. The van der Waals surface area contributed by atoms with Crippen LogP contribution in [0, 0.1) is 7.14 Å². The standard InChI is InChI=1S/C30H28I2N4O7/c1-17-26(29(38)41-3)27(35-30(39)34-17)19-9-10-23(24(12-19)40-2)42-16-25(37)36-33-14-20-11-21(31)13-22(32)28(20)43-15-18-7-5-4-6-8-18/h4-14,27H,15-16H2,1-3H3,(H,36,37)(H2,34,35,39)/b33-14-/t27-/m0/s1. The minimum absolute atomic E-state index is 0.256. The highest BCUT2D eigenvalue weighted by molar-refractivity contribution is 14.1. The van der Waals surface area contributed by atoms with Gasteiger partial charge in [-0.05, 0) is 87.5 Å². The first kappa shape index (κ1) is 32.1. The summed E-state index contributed by atoms with van der Waals surface area (Å²) in [5.41, 5.74) is 5.41. The second-order valence-corrected chi connectivity index (χ2v) is 11.5. The Morgan fingerprint density at radius 1 is 1.02 bits per heavy atom. The molecule has 0 saturated carbocycles. The summed E-state index contributed by atoms with van der Waals surface area (Å²) in [4.78, 5) is 37.0. The van der Waals surface area contributed by atoms with E-state index in [4.69, 9.17) is 18.9 Å². The van der Waals surface area contributed by atoms with Crippen molar-refractivity contribution in [2.75, 3.05) is 20.8 Å². The van der Waals surface area contributed by atoms with Crippen LogP contribution in [0.3, 0.4) is 0 Å². The quantitative estimate of drug-likeness (QED) is 0.110. The second kappa shape index (κ2) is 15.0. The molecule has 0 aliphatic carbocycles. The van der Waals surface area contributed by atoms with E-state index < -0.39 is 23.9 Å². The van der Waals surface area contributed by atoms with Gasteiger partial charge in [-0.1, -0.05) is 36.4 Å². The van der Waals surface area contributed by atoms with Crippen molar-refractivity contribution in [2.24, 2.45) is 5.10 Å². The molecule has 13 heteroatoms. The smallest absolute Gasteiger partial charge is 0.337 e. The summed E-state index contributed by atoms with van der Waals surface area (Å²) in [5, 5.41) is 9.39. The number of nitrogens with one attached hydrogen (secondary N) is 3. The molecule has 4 rings (SSSR count). The molecule has 11 nitrogen and oxygen atoms in total. The maximum Gasteiger partial charge on any atom is 0.337 e. The Balaban J connectivity index is 1.41. The highest BCUT2D eigenvalue weighted by atomic mass is 127. The zero-order valence-electron chi connectivity index (χ0n) is 23.4. The van der Waals surface area contributed by atoms with Crippen LogP contribution in [-0.4, -0.2) is 44.9 Å². The van der Waals surface area contributed by atoms with Crippen LogP contribution in [0.25, 0.3) is 0 Å². The minimum atomic E-state index is -0.771. The number of halogens is 2. The number of hydrogen-bond acceptors (Lipinski definition) is 8. The van der Waals surface area contributed by atoms with Gasteiger partial charge >= 0.3 is 12.0 Å². The lowest BCUT2D eigenvalue weighted by atomic mass is 9.95. The average molecular weight is 810 g/mol. The molecular weight excluding hydrogens is 782 g/mol. The highest BCUT2D eigenvalue weighted by Gasteiger charge is 2.32. The Labute approximate surface area is 275 Å². The third kappa shape index (κ3) is 8.37. The largest absolute Gasteiger partial charge is 0.493 e. The summed E-state index contributed by atoms with van der Waals surface area (Å²) < 4.78 is 24.0. The molecule has 1 aliphatic rings. The summed E-state index contributed by atoms with van der Waals surface area (Å²) in [6.45, 7) is 1.67. The van der Waals surface area contributed by atoms with Gasteiger partial charge in [0.15, 0.2) is 18.1 Å². The van der Waals surface area contributed by atoms with Gasteiger partial charge in [-0.2, -0.15) is 5.10 Å². The normalized spacial score (nSPS) is 14.5. The number of esters is 1. The monoisotopic (exact) mass is 810 g/mol. The topological polar surface area (TPSA) is 137 Å². The minimum Gasteiger partial charge on any atom is -0.493 e. The van der Waals surface area contributed by atoms with Gasteiger partial charge in [0.2, 0.25) is 0 Å². The molecule has 3 aromatic carbocycles. The second-order valence-electron chi connectivity index (χ2n) is 9.13.